The molecule has 2 N–H and O–H groups in total. The molecule has 0 radical (unpaired) electrons. The summed E-state index contributed by atoms with van der Waals surface area (Å²) in [5, 5.41) is 8.13. The summed E-state index contributed by atoms with van der Waals surface area (Å²) in [6, 6.07) is 5.48. The summed E-state index contributed by atoms with van der Waals surface area (Å²) in [5.74, 6) is 2.33. The van der Waals surface area contributed by atoms with Gasteiger partial charge in [0.2, 0.25) is 0 Å². The lowest BCUT2D eigenvalue weighted by Crippen LogP contribution is -1.98. The third kappa shape index (κ3) is 1.60. The quantitative estimate of drug-likeness (QED) is 0.773. The van der Waals surface area contributed by atoms with Crippen LogP contribution >= 0.6 is 0 Å². The monoisotopic (exact) mass is 218 g/mol. The van der Waals surface area contributed by atoms with Crippen molar-refractivity contribution in [2.75, 3.05) is 12.8 Å². The number of methoxy groups -OCH3 is 1. The minimum atomic E-state index is 0.666. The zero-order valence-corrected chi connectivity index (χ0v) is 9.56. The second-order valence-corrected chi connectivity index (χ2v) is 3.59. The predicted octanol–water partition coefficient (Wildman–Crippen LogP) is 1.38. The molecule has 0 atom stereocenters. The van der Waals surface area contributed by atoms with Crippen LogP contribution in [0, 0.1) is 6.92 Å². The van der Waals surface area contributed by atoms with E-state index in [4.69, 9.17) is 10.5 Å². The first kappa shape index (κ1) is 10.5. The van der Waals surface area contributed by atoms with Crippen LogP contribution in [0.4, 0.5) is 5.69 Å². The van der Waals surface area contributed by atoms with E-state index in [1.165, 1.54) is 0 Å². The number of nitrogens with zero attached hydrogens (tertiary/aromatic N) is 3. The van der Waals surface area contributed by atoms with Crippen molar-refractivity contribution in [2.45, 2.75) is 6.92 Å². The van der Waals surface area contributed by atoms with E-state index in [-0.39, 0.29) is 0 Å². The van der Waals surface area contributed by atoms with Crippen LogP contribution in [0.1, 0.15) is 5.82 Å². The van der Waals surface area contributed by atoms with Crippen molar-refractivity contribution in [3.63, 3.8) is 0 Å². The highest BCUT2D eigenvalue weighted by molar-refractivity contribution is 5.68. The summed E-state index contributed by atoms with van der Waals surface area (Å²) < 4.78 is 7.19. The van der Waals surface area contributed by atoms with Crippen LogP contribution < -0.4 is 10.5 Å². The molecule has 16 heavy (non-hydrogen) atoms. The highest BCUT2D eigenvalue weighted by Gasteiger charge is 2.12. The van der Waals surface area contributed by atoms with Gasteiger partial charge in [-0.2, -0.15) is 0 Å². The maximum Gasteiger partial charge on any atom is 0.167 e. The summed E-state index contributed by atoms with van der Waals surface area (Å²) in [5.41, 5.74) is 7.26. The molecule has 1 heterocycles. The largest absolute Gasteiger partial charge is 0.496 e. The number of hydrogen-bond donors (Lipinski definition) is 1. The maximum atomic E-state index is 5.70. The lowest BCUT2D eigenvalue weighted by Gasteiger charge is -2.08. The van der Waals surface area contributed by atoms with E-state index in [1.807, 2.05) is 30.7 Å². The first-order valence-electron chi connectivity index (χ1n) is 4.93. The van der Waals surface area contributed by atoms with Crippen LogP contribution in [0.2, 0.25) is 0 Å². The van der Waals surface area contributed by atoms with Crippen LogP contribution in [-0.2, 0) is 7.05 Å². The summed E-state index contributed by atoms with van der Waals surface area (Å²) in [6.45, 7) is 1.90. The fraction of sp³-hybridized carbons (Fsp3) is 0.273. The number of nitrogens with two attached hydrogens (primary N) is 1. The molecule has 0 spiro atoms. The lowest BCUT2D eigenvalue weighted by atomic mass is 10.1. The van der Waals surface area contributed by atoms with E-state index in [9.17, 15) is 0 Å². The van der Waals surface area contributed by atoms with Gasteiger partial charge in [0.1, 0.15) is 11.6 Å². The van der Waals surface area contributed by atoms with Crippen molar-refractivity contribution in [1.82, 2.24) is 14.8 Å². The van der Waals surface area contributed by atoms with Crippen LogP contribution in [0.3, 0.4) is 0 Å². The molecular weight excluding hydrogens is 204 g/mol. The Balaban J connectivity index is 2.59. The predicted molar refractivity (Wildman–Crippen MR) is 62.1 cm³/mol. The summed E-state index contributed by atoms with van der Waals surface area (Å²) in [4.78, 5) is 0. The molecule has 0 aliphatic heterocycles. The van der Waals surface area contributed by atoms with Gasteiger partial charge < -0.3 is 15.0 Å². The maximum absolute atomic E-state index is 5.70. The van der Waals surface area contributed by atoms with Crippen molar-refractivity contribution in [3.05, 3.63) is 24.0 Å². The highest BCUT2D eigenvalue weighted by Crippen LogP contribution is 2.30. The average molecular weight is 218 g/mol. The van der Waals surface area contributed by atoms with Crippen LogP contribution in [-0.4, -0.2) is 21.9 Å². The van der Waals surface area contributed by atoms with Crippen LogP contribution in [0.25, 0.3) is 11.4 Å². The van der Waals surface area contributed by atoms with E-state index in [0.29, 0.717) is 11.4 Å². The Kier molecular flexibility index (Phi) is 2.52. The molecule has 0 saturated carbocycles. The van der Waals surface area contributed by atoms with E-state index < -0.39 is 0 Å². The third-order valence-electron chi connectivity index (χ3n) is 2.56. The molecule has 2 aromatic rings. The van der Waals surface area contributed by atoms with Gasteiger partial charge in [-0.05, 0) is 19.1 Å². The topological polar surface area (TPSA) is 66.0 Å². The zero-order valence-electron chi connectivity index (χ0n) is 9.56. The second-order valence-electron chi connectivity index (χ2n) is 3.59. The molecule has 0 aliphatic carbocycles. The Morgan fingerprint density at radius 2 is 2.06 bits per heavy atom. The molecule has 5 nitrogen and oxygen atoms in total. The number of ether oxygens (including phenoxy) is 1. The average Bonchev–Trinajstić information content (AvgIpc) is 2.60. The van der Waals surface area contributed by atoms with Crippen molar-refractivity contribution in [3.8, 4) is 17.1 Å². The van der Waals surface area contributed by atoms with Gasteiger partial charge in [0, 0.05) is 18.8 Å². The van der Waals surface area contributed by atoms with Gasteiger partial charge in [-0.1, -0.05) is 0 Å². The third-order valence-corrected chi connectivity index (χ3v) is 2.56. The van der Waals surface area contributed by atoms with Gasteiger partial charge in [0.25, 0.3) is 0 Å². The Morgan fingerprint density at radius 1 is 1.31 bits per heavy atom. The van der Waals surface area contributed by atoms with E-state index in [1.54, 1.807) is 13.2 Å². The molecule has 0 aliphatic rings. The van der Waals surface area contributed by atoms with Crippen molar-refractivity contribution < 1.29 is 4.74 Å². The van der Waals surface area contributed by atoms with Crippen molar-refractivity contribution >= 4 is 5.69 Å². The first-order chi connectivity index (χ1) is 7.63. The molecule has 0 fully saturated rings. The fourth-order valence-corrected chi connectivity index (χ4v) is 1.53. The second kappa shape index (κ2) is 3.84. The molecule has 0 bridgehead atoms. The van der Waals surface area contributed by atoms with Gasteiger partial charge in [-0.15, -0.1) is 10.2 Å². The van der Waals surface area contributed by atoms with E-state index >= 15 is 0 Å². The van der Waals surface area contributed by atoms with Crippen LogP contribution in [0.5, 0.6) is 5.75 Å². The van der Waals surface area contributed by atoms with E-state index in [2.05, 4.69) is 10.2 Å². The normalized spacial score (nSPS) is 10.4. The number of aromatic nitrogens is 3. The number of benzene rings is 1. The number of rotatable bonds is 2. The minimum Gasteiger partial charge on any atom is -0.496 e. The summed E-state index contributed by atoms with van der Waals surface area (Å²) in [6.07, 6.45) is 0. The molecule has 84 valence electrons. The van der Waals surface area contributed by atoms with Gasteiger partial charge in [-0.3, -0.25) is 0 Å². The van der Waals surface area contributed by atoms with Gasteiger partial charge >= 0.3 is 0 Å². The molecule has 5 heteroatoms. The Hall–Kier alpha value is -2.04. The molecule has 1 aromatic carbocycles. The van der Waals surface area contributed by atoms with Crippen LogP contribution in [0.15, 0.2) is 18.2 Å². The highest BCUT2D eigenvalue weighted by atomic mass is 16.5. The Labute approximate surface area is 93.9 Å². The Bertz CT molecular complexity index is 519. The molecule has 0 amide bonds. The van der Waals surface area contributed by atoms with Gasteiger partial charge in [-0.25, -0.2) is 0 Å². The van der Waals surface area contributed by atoms with Gasteiger partial charge in [0.15, 0.2) is 5.82 Å². The zero-order chi connectivity index (χ0) is 11.7. The van der Waals surface area contributed by atoms with Crippen molar-refractivity contribution in [2.24, 2.45) is 7.05 Å². The molecule has 0 saturated heterocycles. The molecule has 1 aromatic heterocycles. The van der Waals surface area contributed by atoms with Gasteiger partial charge in [0.05, 0.1) is 12.7 Å². The molecule has 0 unspecified atom stereocenters. The minimum absolute atomic E-state index is 0.666. The number of aryl methyl sites for hydroxylation is 1. The van der Waals surface area contributed by atoms with Crippen molar-refractivity contribution in [1.29, 1.82) is 0 Å². The lowest BCUT2D eigenvalue weighted by molar-refractivity contribution is 0.416. The summed E-state index contributed by atoms with van der Waals surface area (Å²) in [7, 11) is 3.53. The SMILES string of the molecule is COc1cc(N)ccc1-c1nnc(C)n1C. The standard InChI is InChI=1S/C11H14N4O/c1-7-13-14-11(15(7)2)9-5-4-8(12)6-10(9)16-3/h4-6H,12H2,1-3H3. The Morgan fingerprint density at radius 3 is 2.62 bits per heavy atom. The first-order valence-corrected chi connectivity index (χ1v) is 4.93. The fourth-order valence-electron chi connectivity index (χ4n) is 1.53. The number of nitrogen functional groups attached to an aromatic ring is 1. The summed E-state index contributed by atoms with van der Waals surface area (Å²) >= 11 is 0. The smallest absolute Gasteiger partial charge is 0.167 e. The van der Waals surface area contributed by atoms with E-state index in [0.717, 1.165) is 17.2 Å². The number of anilines is 1. The molecule has 2 rings (SSSR count). The number of hydrogen-bond acceptors (Lipinski definition) is 4. The molecular formula is C11H14N4O.